The van der Waals surface area contributed by atoms with Crippen LogP contribution in [-0.2, 0) is 16.0 Å². The Kier molecular flexibility index (Phi) is 6.75. The van der Waals surface area contributed by atoms with Gasteiger partial charge in [0.1, 0.15) is 5.70 Å². The van der Waals surface area contributed by atoms with Crippen LogP contribution in [0.25, 0.3) is 6.08 Å². The summed E-state index contributed by atoms with van der Waals surface area (Å²) in [5.41, 5.74) is 4.30. The van der Waals surface area contributed by atoms with Gasteiger partial charge in [0.2, 0.25) is 11.8 Å². The molecule has 4 rings (SSSR count). The number of benzene rings is 2. The van der Waals surface area contributed by atoms with Crippen molar-refractivity contribution in [1.29, 1.82) is 0 Å². The Morgan fingerprint density at radius 3 is 2.29 bits per heavy atom. The fourth-order valence-corrected chi connectivity index (χ4v) is 4.24. The standard InChI is InChI=1S/C27H30N4O2S/c1-17(2)20-11-9-19(10-12-20)15-22-24(32)31(21-13-7-18(3)8-14-21)26(28-22)34-16-23-29-30-25(33-23)27(4,5)6/h7-15,17H,16H2,1-6H3/b22-15-. The largest absolute Gasteiger partial charge is 0.424 e. The fourth-order valence-electron chi connectivity index (χ4n) is 3.39. The Hall–Kier alpha value is -3.19. The molecule has 0 bridgehead atoms. The number of aryl methyl sites for hydroxylation is 1. The van der Waals surface area contributed by atoms with Crippen molar-refractivity contribution in [3.8, 4) is 0 Å². The molecule has 0 saturated carbocycles. The van der Waals surface area contributed by atoms with Crippen LogP contribution in [-0.4, -0.2) is 21.3 Å². The lowest BCUT2D eigenvalue weighted by atomic mass is 9.97. The van der Waals surface area contributed by atoms with Gasteiger partial charge in [-0.05, 0) is 42.2 Å². The van der Waals surface area contributed by atoms with Crippen LogP contribution in [0, 0.1) is 6.92 Å². The summed E-state index contributed by atoms with van der Waals surface area (Å²) in [5.74, 6) is 1.83. The highest BCUT2D eigenvalue weighted by Crippen LogP contribution is 2.31. The summed E-state index contributed by atoms with van der Waals surface area (Å²) in [6.45, 7) is 12.4. The molecule has 176 valence electrons. The molecule has 7 heteroatoms. The van der Waals surface area contributed by atoms with Crippen LogP contribution < -0.4 is 4.90 Å². The van der Waals surface area contributed by atoms with Crippen LogP contribution >= 0.6 is 11.8 Å². The van der Waals surface area contributed by atoms with Crippen molar-refractivity contribution in [2.45, 2.75) is 58.6 Å². The quantitative estimate of drug-likeness (QED) is 0.396. The molecule has 0 aliphatic carbocycles. The maximum absolute atomic E-state index is 13.4. The van der Waals surface area contributed by atoms with Crippen LogP contribution in [0.3, 0.4) is 0 Å². The van der Waals surface area contributed by atoms with Gasteiger partial charge in [0.15, 0.2) is 5.17 Å². The predicted molar refractivity (Wildman–Crippen MR) is 139 cm³/mol. The van der Waals surface area contributed by atoms with Gasteiger partial charge in [-0.1, -0.05) is 88.3 Å². The average Bonchev–Trinajstić information content (AvgIpc) is 3.39. The SMILES string of the molecule is Cc1ccc(N2C(=O)/C(=C/c3ccc(C(C)C)cc3)N=C2SCc2nnc(C(C)(C)C)o2)cc1. The van der Waals surface area contributed by atoms with Gasteiger partial charge in [-0.15, -0.1) is 10.2 Å². The summed E-state index contributed by atoms with van der Waals surface area (Å²) in [6, 6.07) is 16.1. The van der Waals surface area contributed by atoms with Crippen molar-refractivity contribution in [3.05, 3.63) is 82.7 Å². The van der Waals surface area contributed by atoms with Gasteiger partial charge in [-0.25, -0.2) is 4.99 Å². The van der Waals surface area contributed by atoms with E-state index in [0.717, 1.165) is 16.8 Å². The average molecular weight is 475 g/mol. The van der Waals surface area contributed by atoms with E-state index in [1.165, 1.54) is 17.3 Å². The Balaban J connectivity index is 1.62. The van der Waals surface area contributed by atoms with E-state index in [4.69, 9.17) is 9.41 Å². The molecule has 2 heterocycles. The highest BCUT2D eigenvalue weighted by atomic mass is 32.2. The molecule has 1 aromatic heterocycles. The number of rotatable bonds is 5. The van der Waals surface area contributed by atoms with Gasteiger partial charge in [0.05, 0.1) is 11.4 Å². The van der Waals surface area contributed by atoms with Crippen molar-refractivity contribution in [1.82, 2.24) is 10.2 Å². The van der Waals surface area contributed by atoms with Gasteiger partial charge < -0.3 is 4.42 Å². The smallest absolute Gasteiger partial charge is 0.283 e. The van der Waals surface area contributed by atoms with Gasteiger partial charge in [0.25, 0.3) is 5.91 Å². The monoisotopic (exact) mass is 474 g/mol. The molecule has 0 spiro atoms. The molecule has 6 nitrogen and oxygen atoms in total. The Bertz CT molecular complexity index is 1230. The van der Waals surface area contributed by atoms with Gasteiger partial charge in [-0.3, -0.25) is 9.69 Å². The van der Waals surface area contributed by atoms with E-state index >= 15 is 0 Å². The van der Waals surface area contributed by atoms with Crippen molar-refractivity contribution in [3.63, 3.8) is 0 Å². The first-order chi connectivity index (χ1) is 16.1. The van der Waals surface area contributed by atoms with Crippen LogP contribution in [0.4, 0.5) is 5.69 Å². The van der Waals surface area contributed by atoms with E-state index in [0.29, 0.717) is 34.3 Å². The van der Waals surface area contributed by atoms with E-state index in [-0.39, 0.29) is 11.3 Å². The van der Waals surface area contributed by atoms with Crippen molar-refractivity contribution in [2.24, 2.45) is 4.99 Å². The summed E-state index contributed by atoms with van der Waals surface area (Å²) < 4.78 is 5.83. The third kappa shape index (κ3) is 5.30. The molecule has 1 amide bonds. The molecule has 0 fully saturated rings. The van der Waals surface area contributed by atoms with Gasteiger partial charge >= 0.3 is 0 Å². The number of aliphatic imine (C=N–C) groups is 1. The zero-order chi connectivity index (χ0) is 24.5. The first kappa shape index (κ1) is 24.0. The number of nitrogens with zero attached hydrogens (tertiary/aromatic N) is 4. The van der Waals surface area contributed by atoms with Gasteiger partial charge in [0, 0.05) is 5.41 Å². The highest BCUT2D eigenvalue weighted by molar-refractivity contribution is 8.13. The van der Waals surface area contributed by atoms with E-state index in [1.54, 1.807) is 4.90 Å². The third-order valence-corrected chi connectivity index (χ3v) is 6.38. The fraction of sp³-hybridized carbons (Fsp3) is 0.333. The molecule has 0 unspecified atom stereocenters. The maximum atomic E-state index is 13.4. The lowest BCUT2D eigenvalue weighted by Gasteiger charge is -2.17. The minimum atomic E-state index is -0.217. The number of hydrogen-bond acceptors (Lipinski definition) is 6. The number of anilines is 1. The Morgan fingerprint density at radius 1 is 1.03 bits per heavy atom. The first-order valence-electron chi connectivity index (χ1n) is 11.4. The molecule has 34 heavy (non-hydrogen) atoms. The Labute approximate surface area is 205 Å². The zero-order valence-corrected chi connectivity index (χ0v) is 21.3. The number of hydrogen-bond donors (Lipinski definition) is 0. The molecule has 3 aromatic rings. The molecular weight excluding hydrogens is 444 g/mol. The molecule has 1 aliphatic rings. The molecule has 0 N–H and O–H groups in total. The number of carbonyl (C=O) groups excluding carboxylic acids is 1. The number of amides is 1. The normalized spacial score (nSPS) is 15.5. The summed E-state index contributed by atoms with van der Waals surface area (Å²) >= 11 is 1.41. The topological polar surface area (TPSA) is 71.6 Å². The highest BCUT2D eigenvalue weighted by Gasteiger charge is 2.32. The van der Waals surface area contributed by atoms with Gasteiger partial charge in [-0.2, -0.15) is 0 Å². The molecule has 0 atom stereocenters. The van der Waals surface area contributed by atoms with Crippen LogP contribution in [0.1, 0.15) is 69.0 Å². The van der Waals surface area contributed by atoms with Crippen molar-refractivity contribution in [2.75, 3.05) is 4.90 Å². The van der Waals surface area contributed by atoms with E-state index in [1.807, 2.05) is 70.2 Å². The summed E-state index contributed by atoms with van der Waals surface area (Å²) in [6.07, 6.45) is 1.84. The molecule has 1 aliphatic heterocycles. The van der Waals surface area contributed by atoms with Crippen molar-refractivity contribution < 1.29 is 9.21 Å². The number of thioether (sulfide) groups is 1. The lowest BCUT2D eigenvalue weighted by Crippen LogP contribution is -2.30. The van der Waals surface area contributed by atoms with Crippen molar-refractivity contribution >= 4 is 34.6 Å². The maximum Gasteiger partial charge on any atom is 0.283 e. The minimum Gasteiger partial charge on any atom is -0.424 e. The Morgan fingerprint density at radius 2 is 1.71 bits per heavy atom. The second-order valence-corrected chi connectivity index (χ2v) is 10.7. The van der Waals surface area contributed by atoms with E-state index in [9.17, 15) is 4.79 Å². The minimum absolute atomic E-state index is 0.153. The van der Waals surface area contributed by atoms with Crippen LogP contribution in [0.15, 0.2) is 63.6 Å². The zero-order valence-electron chi connectivity index (χ0n) is 20.5. The molecular formula is C27H30N4O2S. The predicted octanol–water partition coefficient (Wildman–Crippen LogP) is 6.48. The van der Waals surface area contributed by atoms with E-state index < -0.39 is 0 Å². The number of aromatic nitrogens is 2. The third-order valence-electron chi connectivity index (χ3n) is 5.46. The first-order valence-corrected chi connectivity index (χ1v) is 12.4. The summed E-state index contributed by atoms with van der Waals surface area (Å²) in [5, 5.41) is 8.93. The summed E-state index contributed by atoms with van der Waals surface area (Å²) in [4.78, 5) is 19.8. The molecule has 0 radical (unpaired) electrons. The van der Waals surface area contributed by atoms with Crippen LogP contribution in [0.5, 0.6) is 0 Å². The van der Waals surface area contributed by atoms with E-state index in [2.05, 4.69) is 36.2 Å². The number of carbonyl (C=O) groups is 1. The molecule has 0 saturated heterocycles. The summed E-state index contributed by atoms with van der Waals surface area (Å²) in [7, 11) is 0. The second kappa shape index (κ2) is 9.58. The second-order valence-electron chi connectivity index (χ2n) is 9.76. The number of amidine groups is 1. The van der Waals surface area contributed by atoms with Crippen LogP contribution in [0.2, 0.25) is 0 Å². The lowest BCUT2D eigenvalue weighted by molar-refractivity contribution is -0.113. The molecule has 2 aromatic carbocycles.